The van der Waals surface area contributed by atoms with E-state index in [9.17, 15) is 15.0 Å². The van der Waals surface area contributed by atoms with Crippen LogP contribution in [0, 0.1) is 0 Å². The Morgan fingerprint density at radius 2 is 1.91 bits per heavy atom. The summed E-state index contributed by atoms with van der Waals surface area (Å²) >= 11 is 1.43. The minimum Gasteiger partial charge on any atom is -0.508 e. The SMILES string of the molecule is O=C(O)[C@H](Cc1ccc(O)cc1)Nc1nc2ccccc2s1. The lowest BCUT2D eigenvalue weighted by molar-refractivity contribution is -0.137. The first-order chi connectivity index (χ1) is 10.6. The van der Waals surface area contributed by atoms with E-state index in [4.69, 9.17) is 0 Å². The lowest BCUT2D eigenvalue weighted by Gasteiger charge is -2.13. The number of anilines is 1. The Balaban J connectivity index is 1.79. The third-order valence-corrected chi connectivity index (χ3v) is 4.23. The van der Waals surface area contributed by atoms with Crippen molar-refractivity contribution in [3.8, 4) is 5.75 Å². The van der Waals surface area contributed by atoms with E-state index in [1.807, 2.05) is 24.3 Å². The molecule has 3 N–H and O–H groups in total. The molecule has 3 rings (SSSR count). The fraction of sp³-hybridized carbons (Fsp3) is 0.125. The molecular formula is C16H14N2O3S. The summed E-state index contributed by atoms with van der Waals surface area (Å²) in [5, 5.41) is 22.2. The zero-order valence-corrected chi connectivity index (χ0v) is 12.4. The number of rotatable bonds is 5. The fourth-order valence-electron chi connectivity index (χ4n) is 2.15. The third-order valence-electron chi connectivity index (χ3n) is 3.27. The summed E-state index contributed by atoms with van der Waals surface area (Å²) < 4.78 is 1.01. The van der Waals surface area contributed by atoms with Gasteiger partial charge < -0.3 is 15.5 Å². The molecule has 0 aliphatic carbocycles. The molecule has 112 valence electrons. The summed E-state index contributed by atoms with van der Waals surface area (Å²) in [6.07, 6.45) is 0.311. The molecule has 0 radical (unpaired) electrons. The number of carboxylic acid groups (broad SMARTS) is 1. The Bertz CT molecular complexity index is 766. The molecule has 0 saturated carbocycles. The maximum atomic E-state index is 11.5. The highest BCUT2D eigenvalue weighted by Gasteiger charge is 2.19. The van der Waals surface area contributed by atoms with Gasteiger partial charge in [0.25, 0.3) is 0 Å². The number of hydrogen-bond donors (Lipinski definition) is 3. The average Bonchev–Trinajstić information content (AvgIpc) is 2.91. The molecule has 0 aliphatic heterocycles. The van der Waals surface area contributed by atoms with Crippen LogP contribution in [0.15, 0.2) is 48.5 Å². The highest BCUT2D eigenvalue weighted by molar-refractivity contribution is 7.22. The van der Waals surface area contributed by atoms with Gasteiger partial charge in [0, 0.05) is 6.42 Å². The maximum Gasteiger partial charge on any atom is 0.326 e. The molecule has 5 nitrogen and oxygen atoms in total. The van der Waals surface area contributed by atoms with E-state index in [0.29, 0.717) is 11.6 Å². The van der Waals surface area contributed by atoms with Crippen molar-refractivity contribution in [1.82, 2.24) is 4.98 Å². The van der Waals surface area contributed by atoms with E-state index in [1.54, 1.807) is 24.3 Å². The number of para-hydroxylation sites is 1. The molecule has 0 saturated heterocycles. The van der Waals surface area contributed by atoms with Gasteiger partial charge in [-0.1, -0.05) is 35.6 Å². The molecule has 1 atom stereocenters. The van der Waals surface area contributed by atoms with E-state index in [1.165, 1.54) is 11.3 Å². The van der Waals surface area contributed by atoms with Gasteiger partial charge in [0.15, 0.2) is 5.13 Å². The summed E-state index contributed by atoms with van der Waals surface area (Å²) in [5.41, 5.74) is 1.68. The molecule has 0 amide bonds. The number of aromatic nitrogens is 1. The van der Waals surface area contributed by atoms with Crippen molar-refractivity contribution in [2.75, 3.05) is 5.32 Å². The molecule has 1 aromatic heterocycles. The molecule has 0 unspecified atom stereocenters. The number of phenols is 1. The number of carboxylic acids is 1. The zero-order chi connectivity index (χ0) is 15.5. The molecule has 0 spiro atoms. The maximum absolute atomic E-state index is 11.5. The normalized spacial score (nSPS) is 12.2. The van der Waals surface area contributed by atoms with Crippen LogP contribution in [0.3, 0.4) is 0 Å². The van der Waals surface area contributed by atoms with E-state index >= 15 is 0 Å². The van der Waals surface area contributed by atoms with Crippen LogP contribution in [-0.4, -0.2) is 27.2 Å². The van der Waals surface area contributed by atoms with Gasteiger partial charge in [-0.3, -0.25) is 0 Å². The first kappa shape index (κ1) is 14.3. The van der Waals surface area contributed by atoms with Gasteiger partial charge in [-0.05, 0) is 29.8 Å². The van der Waals surface area contributed by atoms with E-state index in [0.717, 1.165) is 15.8 Å². The van der Waals surface area contributed by atoms with Gasteiger partial charge in [-0.15, -0.1) is 0 Å². The topological polar surface area (TPSA) is 82.5 Å². The van der Waals surface area contributed by atoms with E-state index in [2.05, 4.69) is 10.3 Å². The number of benzene rings is 2. The Labute approximate surface area is 130 Å². The van der Waals surface area contributed by atoms with E-state index in [-0.39, 0.29) is 5.75 Å². The van der Waals surface area contributed by atoms with Gasteiger partial charge in [0.1, 0.15) is 11.8 Å². The monoisotopic (exact) mass is 314 g/mol. The minimum atomic E-state index is -0.938. The van der Waals surface area contributed by atoms with Crippen LogP contribution in [0.5, 0.6) is 5.75 Å². The first-order valence-corrected chi connectivity index (χ1v) is 7.56. The number of carbonyl (C=O) groups is 1. The van der Waals surface area contributed by atoms with E-state index < -0.39 is 12.0 Å². The van der Waals surface area contributed by atoms with Crippen LogP contribution < -0.4 is 5.32 Å². The van der Waals surface area contributed by atoms with Crippen LogP contribution >= 0.6 is 11.3 Å². The number of fused-ring (bicyclic) bond motifs is 1. The number of aromatic hydroxyl groups is 1. The standard InChI is InChI=1S/C16H14N2O3S/c19-11-7-5-10(6-8-11)9-13(15(20)21)18-16-17-12-3-1-2-4-14(12)22-16/h1-8,13,19H,9H2,(H,17,18)(H,20,21)/t13-/m0/s1. The molecule has 1 heterocycles. The molecule has 2 aromatic carbocycles. The van der Waals surface area contributed by atoms with Crippen molar-refractivity contribution in [1.29, 1.82) is 0 Å². The molecule has 0 fully saturated rings. The highest BCUT2D eigenvalue weighted by Crippen LogP contribution is 2.26. The quantitative estimate of drug-likeness (QED) is 0.674. The molecule has 0 bridgehead atoms. The number of thiazole rings is 1. The van der Waals surface area contributed by atoms with Crippen molar-refractivity contribution in [2.24, 2.45) is 0 Å². The number of nitrogens with one attached hydrogen (secondary N) is 1. The van der Waals surface area contributed by atoms with Crippen molar-refractivity contribution in [3.05, 3.63) is 54.1 Å². The molecule has 22 heavy (non-hydrogen) atoms. The van der Waals surface area contributed by atoms with Crippen LogP contribution in [-0.2, 0) is 11.2 Å². The summed E-state index contributed by atoms with van der Waals surface area (Å²) in [7, 11) is 0. The summed E-state index contributed by atoms with van der Waals surface area (Å²) in [6, 6.07) is 13.4. The Kier molecular flexibility index (Phi) is 3.93. The lowest BCUT2D eigenvalue weighted by Crippen LogP contribution is -2.31. The highest BCUT2D eigenvalue weighted by atomic mass is 32.1. The first-order valence-electron chi connectivity index (χ1n) is 6.74. The summed E-state index contributed by atoms with van der Waals surface area (Å²) in [5.74, 6) is -0.776. The van der Waals surface area contributed by atoms with Gasteiger partial charge in [0.05, 0.1) is 10.2 Å². The molecule has 6 heteroatoms. The van der Waals surface area contributed by atoms with Crippen molar-refractivity contribution < 1.29 is 15.0 Å². The van der Waals surface area contributed by atoms with Gasteiger partial charge in [0.2, 0.25) is 0 Å². The Morgan fingerprint density at radius 1 is 1.18 bits per heavy atom. The second kappa shape index (κ2) is 6.03. The number of nitrogens with zero attached hydrogens (tertiary/aromatic N) is 1. The third kappa shape index (κ3) is 3.17. The molecule has 3 aromatic rings. The summed E-state index contributed by atoms with van der Waals surface area (Å²) in [4.78, 5) is 15.9. The molecule has 0 aliphatic rings. The smallest absolute Gasteiger partial charge is 0.326 e. The van der Waals surface area contributed by atoms with Crippen molar-refractivity contribution in [3.63, 3.8) is 0 Å². The predicted octanol–water partition coefficient (Wildman–Crippen LogP) is 3.11. The summed E-state index contributed by atoms with van der Waals surface area (Å²) in [6.45, 7) is 0. The van der Waals surface area contributed by atoms with Gasteiger partial charge in [-0.25, -0.2) is 9.78 Å². The van der Waals surface area contributed by atoms with Crippen LogP contribution in [0.1, 0.15) is 5.56 Å². The largest absolute Gasteiger partial charge is 0.508 e. The second-order valence-corrected chi connectivity index (χ2v) is 5.92. The average molecular weight is 314 g/mol. The zero-order valence-electron chi connectivity index (χ0n) is 11.6. The van der Waals surface area contributed by atoms with Crippen LogP contribution in [0.25, 0.3) is 10.2 Å². The fourth-order valence-corrected chi connectivity index (χ4v) is 3.07. The number of aliphatic carboxylic acids is 1. The van der Waals surface area contributed by atoms with Crippen molar-refractivity contribution in [2.45, 2.75) is 12.5 Å². The van der Waals surface area contributed by atoms with Gasteiger partial charge in [-0.2, -0.15) is 0 Å². The van der Waals surface area contributed by atoms with Crippen LogP contribution in [0.2, 0.25) is 0 Å². The Morgan fingerprint density at radius 3 is 2.59 bits per heavy atom. The van der Waals surface area contributed by atoms with Crippen molar-refractivity contribution >= 4 is 32.7 Å². The predicted molar refractivity (Wildman–Crippen MR) is 86.5 cm³/mol. The number of phenolic OH excluding ortho intramolecular Hbond substituents is 1. The Hall–Kier alpha value is -2.60. The van der Waals surface area contributed by atoms with Gasteiger partial charge >= 0.3 is 5.97 Å². The number of hydrogen-bond acceptors (Lipinski definition) is 5. The van der Waals surface area contributed by atoms with Crippen LogP contribution in [0.4, 0.5) is 5.13 Å². The minimum absolute atomic E-state index is 0.162. The second-order valence-electron chi connectivity index (χ2n) is 4.89. The lowest BCUT2D eigenvalue weighted by atomic mass is 10.1. The molecular weight excluding hydrogens is 300 g/mol.